The second-order valence-corrected chi connectivity index (χ2v) is 5.39. The van der Waals surface area contributed by atoms with E-state index in [2.05, 4.69) is 17.0 Å². The number of ether oxygens (including phenoxy) is 2. The number of nitrogens with two attached hydrogens (primary N) is 1. The molecule has 104 valence electrons. The van der Waals surface area contributed by atoms with Crippen LogP contribution < -0.4 is 15.2 Å². The van der Waals surface area contributed by atoms with Gasteiger partial charge in [-0.2, -0.15) is 0 Å². The van der Waals surface area contributed by atoms with Gasteiger partial charge in [-0.05, 0) is 30.5 Å². The van der Waals surface area contributed by atoms with Crippen LogP contribution in [0.4, 0.5) is 0 Å². The van der Waals surface area contributed by atoms with E-state index in [1.807, 2.05) is 6.07 Å². The van der Waals surface area contributed by atoms with Gasteiger partial charge in [-0.3, -0.25) is 4.90 Å². The highest BCUT2D eigenvalue weighted by molar-refractivity contribution is 5.44. The van der Waals surface area contributed by atoms with Gasteiger partial charge in [-0.1, -0.05) is 18.9 Å². The second-order valence-electron chi connectivity index (χ2n) is 5.39. The van der Waals surface area contributed by atoms with Crippen molar-refractivity contribution < 1.29 is 9.47 Å². The number of fused-ring (bicyclic) bond motifs is 1. The fourth-order valence-corrected chi connectivity index (χ4v) is 3.10. The second kappa shape index (κ2) is 5.80. The molecule has 0 bridgehead atoms. The van der Waals surface area contributed by atoms with Crippen LogP contribution in [0.5, 0.6) is 11.5 Å². The van der Waals surface area contributed by atoms with Gasteiger partial charge in [0.15, 0.2) is 11.5 Å². The minimum atomic E-state index is 0.341. The Bertz CT molecular complexity index is 430. The summed E-state index contributed by atoms with van der Waals surface area (Å²) in [6.45, 7) is 2.99. The van der Waals surface area contributed by atoms with Gasteiger partial charge in [0.05, 0.1) is 0 Å². The van der Waals surface area contributed by atoms with Crippen LogP contribution in [0.3, 0.4) is 0 Å². The molecule has 0 amide bonds. The molecule has 0 spiro atoms. The summed E-state index contributed by atoms with van der Waals surface area (Å²) < 4.78 is 10.8. The van der Waals surface area contributed by atoms with Crippen molar-refractivity contribution in [1.82, 2.24) is 4.90 Å². The molecule has 1 aliphatic carbocycles. The quantitative estimate of drug-likeness (QED) is 0.883. The smallest absolute Gasteiger partial charge is 0.231 e. The van der Waals surface area contributed by atoms with Crippen molar-refractivity contribution >= 4 is 0 Å². The van der Waals surface area contributed by atoms with Gasteiger partial charge in [-0.15, -0.1) is 0 Å². The molecule has 4 nitrogen and oxygen atoms in total. The predicted octanol–water partition coefficient (Wildman–Crippen LogP) is 2.12. The molecule has 1 aromatic rings. The molecule has 0 unspecified atom stereocenters. The van der Waals surface area contributed by atoms with Gasteiger partial charge in [0.1, 0.15) is 0 Å². The highest BCUT2D eigenvalue weighted by Crippen LogP contribution is 2.33. The van der Waals surface area contributed by atoms with E-state index in [1.165, 1.54) is 31.2 Å². The number of benzene rings is 1. The van der Waals surface area contributed by atoms with Crippen LogP contribution in [0.15, 0.2) is 18.2 Å². The first-order valence-corrected chi connectivity index (χ1v) is 7.19. The first kappa shape index (κ1) is 12.8. The Morgan fingerprint density at radius 3 is 2.74 bits per heavy atom. The summed E-state index contributed by atoms with van der Waals surface area (Å²) in [5, 5.41) is 0. The van der Waals surface area contributed by atoms with Gasteiger partial charge < -0.3 is 15.2 Å². The molecule has 1 saturated carbocycles. The average Bonchev–Trinajstić information content (AvgIpc) is 3.09. The molecule has 0 saturated heterocycles. The van der Waals surface area contributed by atoms with Gasteiger partial charge >= 0.3 is 0 Å². The lowest BCUT2D eigenvalue weighted by Crippen LogP contribution is -2.36. The summed E-state index contributed by atoms with van der Waals surface area (Å²) in [5.74, 6) is 1.73. The molecule has 1 heterocycles. The van der Waals surface area contributed by atoms with Crippen molar-refractivity contribution in [3.63, 3.8) is 0 Å². The first-order chi connectivity index (χ1) is 9.36. The van der Waals surface area contributed by atoms with Crippen LogP contribution in [0.1, 0.15) is 31.2 Å². The maximum Gasteiger partial charge on any atom is 0.231 e. The lowest BCUT2D eigenvalue weighted by atomic mass is 10.1. The van der Waals surface area contributed by atoms with Crippen molar-refractivity contribution in [2.45, 2.75) is 38.3 Å². The number of hydrogen-bond donors (Lipinski definition) is 1. The van der Waals surface area contributed by atoms with Crippen molar-refractivity contribution in [2.75, 3.05) is 19.9 Å². The molecule has 3 rings (SSSR count). The van der Waals surface area contributed by atoms with Crippen LogP contribution in [0.2, 0.25) is 0 Å². The zero-order chi connectivity index (χ0) is 13.1. The Hall–Kier alpha value is -1.26. The van der Waals surface area contributed by atoms with Gasteiger partial charge in [0.2, 0.25) is 6.79 Å². The van der Waals surface area contributed by atoms with Crippen LogP contribution >= 0.6 is 0 Å². The van der Waals surface area contributed by atoms with Crippen molar-refractivity contribution in [3.05, 3.63) is 23.8 Å². The van der Waals surface area contributed by atoms with Crippen molar-refractivity contribution in [3.8, 4) is 11.5 Å². The lowest BCUT2D eigenvalue weighted by Gasteiger charge is -2.28. The average molecular weight is 262 g/mol. The van der Waals surface area contributed by atoms with Crippen LogP contribution in [-0.2, 0) is 6.54 Å². The van der Waals surface area contributed by atoms with E-state index in [-0.39, 0.29) is 0 Å². The molecule has 0 atom stereocenters. The lowest BCUT2D eigenvalue weighted by molar-refractivity contribution is 0.173. The molecule has 19 heavy (non-hydrogen) atoms. The van der Waals surface area contributed by atoms with Gasteiger partial charge in [-0.25, -0.2) is 0 Å². The molecule has 0 radical (unpaired) electrons. The molecular formula is C15H22N2O2. The van der Waals surface area contributed by atoms with Crippen LogP contribution in [0.25, 0.3) is 0 Å². The summed E-state index contributed by atoms with van der Waals surface area (Å²) in [6.07, 6.45) is 5.33. The summed E-state index contributed by atoms with van der Waals surface area (Å²) in [6, 6.07) is 6.94. The Balaban J connectivity index is 1.70. The van der Waals surface area contributed by atoms with Crippen LogP contribution in [-0.4, -0.2) is 30.8 Å². The zero-order valence-corrected chi connectivity index (χ0v) is 11.3. The predicted molar refractivity (Wildman–Crippen MR) is 74.3 cm³/mol. The first-order valence-electron chi connectivity index (χ1n) is 7.19. The Morgan fingerprint density at radius 2 is 1.95 bits per heavy atom. The van der Waals surface area contributed by atoms with E-state index in [4.69, 9.17) is 15.2 Å². The molecule has 1 aliphatic heterocycles. The maximum atomic E-state index is 5.75. The number of nitrogens with zero attached hydrogens (tertiary/aromatic N) is 1. The van der Waals surface area contributed by atoms with E-state index in [1.54, 1.807) is 0 Å². The number of hydrogen-bond acceptors (Lipinski definition) is 4. The van der Waals surface area contributed by atoms with Crippen molar-refractivity contribution in [2.24, 2.45) is 5.73 Å². The Morgan fingerprint density at radius 1 is 1.16 bits per heavy atom. The highest BCUT2D eigenvalue weighted by atomic mass is 16.7. The van der Waals surface area contributed by atoms with E-state index in [0.717, 1.165) is 31.1 Å². The molecule has 4 heteroatoms. The summed E-state index contributed by atoms with van der Waals surface area (Å²) in [4.78, 5) is 2.52. The summed E-state index contributed by atoms with van der Waals surface area (Å²) in [5.41, 5.74) is 7.04. The molecule has 2 aliphatic rings. The third kappa shape index (κ3) is 2.85. The normalized spacial score (nSPS) is 18.4. The molecular weight excluding hydrogens is 240 g/mol. The number of rotatable bonds is 5. The van der Waals surface area contributed by atoms with E-state index in [0.29, 0.717) is 12.8 Å². The monoisotopic (exact) mass is 262 g/mol. The highest BCUT2D eigenvalue weighted by Gasteiger charge is 2.22. The zero-order valence-electron chi connectivity index (χ0n) is 11.3. The summed E-state index contributed by atoms with van der Waals surface area (Å²) in [7, 11) is 0. The topological polar surface area (TPSA) is 47.7 Å². The largest absolute Gasteiger partial charge is 0.454 e. The van der Waals surface area contributed by atoms with Gasteiger partial charge in [0, 0.05) is 25.7 Å². The fourth-order valence-electron chi connectivity index (χ4n) is 3.10. The van der Waals surface area contributed by atoms with E-state index >= 15 is 0 Å². The van der Waals surface area contributed by atoms with Gasteiger partial charge in [0.25, 0.3) is 0 Å². The van der Waals surface area contributed by atoms with Crippen molar-refractivity contribution in [1.29, 1.82) is 0 Å². The SMILES string of the molecule is NCCN(Cc1ccc2c(c1)OCO2)C1CCCC1. The standard InChI is InChI=1S/C15H22N2O2/c16-7-8-17(13-3-1-2-4-13)10-12-5-6-14-15(9-12)19-11-18-14/h5-6,9,13H,1-4,7-8,10-11,16H2. The van der Waals surface area contributed by atoms with Crippen LogP contribution in [0, 0.1) is 0 Å². The van der Waals surface area contributed by atoms with E-state index in [9.17, 15) is 0 Å². The molecule has 0 aromatic heterocycles. The molecule has 2 N–H and O–H groups in total. The molecule has 1 fully saturated rings. The minimum Gasteiger partial charge on any atom is -0.454 e. The third-order valence-corrected chi connectivity index (χ3v) is 4.08. The minimum absolute atomic E-state index is 0.341. The summed E-state index contributed by atoms with van der Waals surface area (Å²) >= 11 is 0. The Labute approximate surface area is 114 Å². The Kier molecular flexibility index (Phi) is 3.89. The fraction of sp³-hybridized carbons (Fsp3) is 0.600. The maximum absolute atomic E-state index is 5.75. The molecule has 1 aromatic carbocycles. The van der Waals surface area contributed by atoms with E-state index < -0.39 is 0 Å². The third-order valence-electron chi connectivity index (χ3n) is 4.08.